The molecule has 0 spiro atoms. The molecule has 0 bridgehead atoms. The lowest BCUT2D eigenvalue weighted by atomic mass is 10.1. The Balaban J connectivity index is 2.34. The maximum atomic E-state index is 4.23. The van der Waals surface area contributed by atoms with E-state index in [9.17, 15) is 0 Å². The standard InChI is InChI=1S/C9H13N3/c1-6-7(2)12-9-8(11-6)4-3-5-10-9/h3-7,11H,1-2H3,(H,10,12)/t6-,7-/m0/s1. The molecule has 2 heterocycles. The number of aromatic nitrogens is 1. The van der Waals surface area contributed by atoms with Crippen molar-refractivity contribution < 1.29 is 0 Å². The lowest BCUT2D eigenvalue weighted by molar-refractivity contribution is 0.659. The van der Waals surface area contributed by atoms with Crippen molar-refractivity contribution in [1.29, 1.82) is 0 Å². The smallest absolute Gasteiger partial charge is 0.149 e. The van der Waals surface area contributed by atoms with Gasteiger partial charge in [0.15, 0.2) is 0 Å². The highest BCUT2D eigenvalue weighted by Gasteiger charge is 2.19. The summed E-state index contributed by atoms with van der Waals surface area (Å²) >= 11 is 0. The van der Waals surface area contributed by atoms with Gasteiger partial charge in [0, 0.05) is 18.3 Å². The van der Waals surface area contributed by atoms with Gasteiger partial charge in [0.1, 0.15) is 5.82 Å². The molecule has 1 aliphatic rings. The molecule has 1 aromatic rings. The molecule has 3 heteroatoms. The summed E-state index contributed by atoms with van der Waals surface area (Å²) in [5.41, 5.74) is 1.10. The summed E-state index contributed by atoms with van der Waals surface area (Å²) in [5, 5.41) is 6.72. The molecule has 0 saturated heterocycles. The van der Waals surface area contributed by atoms with E-state index in [0.717, 1.165) is 11.5 Å². The second-order valence-corrected chi connectivity index (χ2v) is 3.27. The number of nitrogens with one attached hydrogen (secondary N) is 2. The van der Waals surface area contributed by atoms with Gasteiger partial charge in [-0.2, -0.15) is 0 Å². The molecule has 0 unspecified atom stereocenters. The first-order valence-electron chi connectivity index (χ1n) is 4.25. The van der Waals surface area contributed by atoms with Gasteiger partial charge in [-0.05, 0) is 26.0 Å². The Kier molecular flexibility index (Phi) is 1.64. The Labute approximate surface area is 72.2 Å². The van der Waals surface area contributed by atoms with Crippen molar-refractivity contribution in [3.8, 4) is 0 Å². The van der Waals surface area contributed by atoms with E-state index >= 15 is 0 Å². The van der Waals surface area contributed by atoms with Crippen LogP contribution in [0.25, 0.3) is 0 Å². The minimum atomic E-state index is 0.437. The number of anilines is 2. The number of hydrogen-bond acceptors (Lipinski definition) is 3. The van der Waals surface area contributed by atoms with Crippen LogP contribution in [0.1, 0.15) is 13.8 Å². The first kappa shape index (κ1) is 7.40. The Bertz CT molecular complexity index is 256. The quantitative estimate of drug-likeness (QED) is 0.611. The van der Waals surface area contributed by atoms with Gasteiger partial charge in [0.2, 0.25) is 0 Å². The van der Waals surface area contributed by atoms with Crippen LogP contribution in [0.4, 0.5) is 11.5 Å². The summed E-state index contributed by atoms with van der Waals surface area (Å²) in [5.74, 6) is 0.961. The van der Waals surface area contributed by atoms with Gasteiger partial charge in [-0.15, -0.1) is 0 Å². The van der Waals surface area contributed by atoms with E-state index < -0.39 is 0 Å². The van der Waals surface area contributed by atoms with Crippen LogP contribution in [0, 0.1) is 0 Å². The van der Waals surface area contributed by atoms with Crippen LogP contribution < -0.4 is 10.6 Å². The minimum Gasteiger partial charge on any atom is -0.378 e. The molecule has 2 N–H and O–H groups in total. The van der Waals surface area contributed by atoms with Crippen LogP contribution in [0.2, 0.25) is 0 Å². The van der Waals surface area contributed by atoms with Crippen LogP contribution >= 0.6 is 0 Å². The average molecular weight is 163 g/mol. The van der Waals surface area contributed by atoms with E-state index in [4.69, 9.17) is 0 Å². The zero-order valence-electron chi connectivity index (χ0n) is 7.33. The molecule has 2 rings (SSSR count). The van der Waals surface area contributed by atoms with Gasteiger partial charge in [0.05, 0.1) is 5.69 Å². The van der Waals surface area contributed by atoms with Crippen LogP contribution in [-0.4, -0.2) is 17.1 Å². The normalized spacial score (nSPS) is 26.8. The lowest BCUT2D eigenvalue weighted by Gasteiger charge is -2.30. The fraction of sp³-hybridized carbons (Fsp3) is 0.444. The first-order chi connectivity index (χ1) is 5.77. The molecule has 0 amide bonds. The SMILES string of the molecule is C[C@@H]1Nc2cccnc2N[C@H]1C. The van der Waals surface area contributed by atoms with E-state index in [0.29, 0.717) is 12.1 Å². The first-order valence-corrected chi connectivity index (χ1v) is 4.25. The molecule has 1 aliphatic heterocycles. The van der Waals surface area contributed by atoms with Crippen molar-refractivity contribution in [2.75, 3.05) is 10.6 Å². The monoisotopic (exact) mass is 163 g/mol. The highest BCUT2D eigenvalue weighted by Crippen LogP contribution is 2.24. The molecule has 2 atom stereocenters. The molecule has 1 aromatic heterocycles. The van der Waals surface area contributed by atoms with Crippen molar-refractivity contribution in [2.45, 2.75) is 25.9 Å². The lowest BCUT2D eigenvalue weighted by Crippen LogP contribution is -2.39. The second-order valence-electron chi connectivity index (χ2n) is 3.27. The number of nitrogens with zero attached hydrogens (tertiary/aromatic N) is 1. The van der Waals surface area contributed by atoms with Crippen molar-refractivity contribution in [2.24, 2.45) is 0 Å². The van der Waals surface area contributed by atoms with Crippen molar-refractivity contribution in [3.63, 3.8) is 0 Å². The topological polar surface area (TPSA) is 37.0 Å². The van der Waals surface area contributed by atoms with Crippen LogP contribution in [0.3, 0.4) is 0 Å². The Morgan fingerprint density at radius 3 is 2.83 bits per heavy atom. The van der Waals surface area contributed by atoms with Crippen molar-refractivity contribution >= 4 is 11.5 Å². The molecule has 64 valence electrons. The summed E-state index contributed by atoms with van der Waals surface area (Å²) in [4.78, 5) is 4.23. The summed E-state index contributed by atoms with van der Waals surface area (Å²) in [6.07, 6.45) is 1.80. The van der Waals surface area contributed by atoms with E-state index in [1.54, 1.807) is 6.20 Å². The fourth-order valence-corrected chi connectivity index (χ4v) is 1.35. The summed E-state index contributed by atoms with van der Waals surface area (Å²) < 4.78 is 0. The molecule has 0 saturated carbocycles. The summed E-state index contributed by atoms with van der Waals surface area (Å²) in [6, 6.07) is 4.88. The maximum Gasteiger partial charge on any atom is 0.149 e. The van der Waals surface area contributed by atoms with Gasteiger partial charge in [-0.25, -0.2) is 4.98 Å². The summed E-state index contributed by atoms with van der Waals surface area (Å²) in [6.45, 7) is 4.31. The maximum absolute atomic E-state index is 4.23. The highest BCUT2D eigenvalue weighted by atomic mass is 15.1. The van der Waals surface area contributed by atoms with Gasteiger partial charge < -0.3 is 10.6 Å². The minimum absolute atomic E-state index is 0.437. The molecule has 0 radical (unpaired) electrons. The van der Waals surface area contributed by atoms with Crippen molar-refractivity contribution in [1.82, 2.24) is 4.98 Å². The van der Waals surface area contributed by atoms with E-state index in [1.165, 1.54) is 0 Å². The van der Waals surface area contributed by atoms with Gasteiger partial charge in [0.25, 0.3) is 0 Å². The molecule has 0 fully saturated rings. The molecule has 3 nitrogen and oxygen atoms in total. The third-order valence-corrected chi connectivity index (χ3v) is 2.31. The highest BCUT2D eigenvalue weighted by molar-refractivity contribution is 5.67. The third kappa shape index (κ3) is 1.11. The van der Waals surface area contributed by atoms with Crippen LogP contribution in [0.15, 0.2) is 18.3 Å². The molecular weight excluding hydrogens is 150 g/mol. The molecular formula is C9H13N3. The summed E-state index contributed by atoms with van der Waals surface area (Å²) in [7, 11) is 0. The van der Waals surface area contributed by atoms with Crippen molar-refractivity contribution in [3.05, 3.63) is 18.3 Å². The van der Waals surface area contributed by atoms with Crippen LogP contribution in [-0.2, 0) is 0 Å². The Morgan fingerprint density at radius 1 is 1.25 bits per heavy atom. The van der Waals surface area contributed by atoms with E-state index in [-0.39, 0.29) is 0 Å². The number of rotatable bonds is 0. The predicted octanol–water partition coefficient (Wildman–Crippen LogP) is 1.70. The number of pyridine rings is 1. The average Bonchev–Trinajstić information content (AvgIpc) is 2.07. The molecule has 12 heavy (non-hydrogen) atoms. The predicted molar refractivity (Wildman–Crippen MR) is 50.4 cm³/mol. The Hall–Kier alpha value is -1.25. The third-order valence-electron chi connectivity index (χ3n) is 2.31. The van der Waals surface area contributed by atoms with Gasteiger partial charge >= 0.3 is 0 Å². The van der Waals surface area contributed by atoms with Gasteiger partial charge in [-0.1, -0.05) is 0 Å². The number of hydrogen-bond donors (Lipinski definition) is 2. The Morgan fingerprint density at radius 2 is 2.00 bits per heavy atom. The van der Waals surface area contributed by atoms with E-state index in [1.807, 2.05) is 12.1 Å². The van der Waals surface area contributed by atoms with E-state index in [2.05, 4.69) is 29.5 Å². The van der Waals surface area contributed by atoms with Gasteiger partial charge in [-0.3, -0.25) is 0 Å². The zero-order valence-corrected chi connectivity index (χ0v) is 7.33. The zero-order chi connectivity index (χ0) is 8.55. The largest absolute Gasteiger partial charge is 0.378 e. The molecule has 0 aromatic carbocycles. The molecule has 0 aliphatic carbocycles. The second kappa shape index (κ2) is 2.66. The fourth-order valence-electron chi connectivity index (χ4n) is 1.35. The number of fused-ring (bicyclic) bond motifs is 1. The van der Waals surface area contributed by atoms with Crippen LogP contribution in [0.5, 0.6) is 0 Å².